The molecule has 0 saturated carbocycles. The summed E-state index contributed by atoms with van der Waals surface area (Å²) in [6, 6.07) is 10.5. The molecule has 94 valence electrons. The van der Waals surface area contributed by atoms with Gasteiger partial charge in [0, 0.05) is 11.4 Å². The first-order valence-corrected chi connectivity index (χ1v) is 5.85. The molecule has 0 radical (unpaired) electrons. The number of aliphatic hydroxyl groups excluding tert-OH is 1. The highest BCUT2D eigenvalue weighted by Crippen LogP contribution is 2.26. The van der Waals surface area contributed by atoms with Crippen LogP contribution < -0.4 is 0 Å². The van der Waals surface area contributed by atoms with Crippen molar-refractivity contribution in [3.05, 3.63) is 64.4 Å². The average Bonchev–Trinajstić information content (AvgIpc) is 2.32. The number of phenolic OH excluding ortho intramolecular Hbond substituents is 1. The molecule has 0 bridgehead atoms. The Balaban J connectivity index is 2.16. The minimum atomic E-state index is -0.803. The topological polar surface area (TPSA) is 40.5 Å². The van der Waals surface area contributed by atoms with Gasteiger partial charge in [0.1, 0.15) is 11.6 Å². The normalized spacial score (nSPS) is 12.4. The van der Waals surface area contributed by atoms with Gasteiger partial charge in [0.15, 0.2) is 0 Å². The molecule has 0 aliphatic heterocycles. The lowest BCUT2D eigenvalue weighted by atomic mass is 10.0. The second kappa shape index (κ2) is 5.38. The van der Waals surface area contributed by atoms with Crippen LogP contribution >= 0.6 is 11.6 Å². The first-order valence-electron chi connectivity index (χ1n) is 5.47. The van der Waals surface area contributed by atoms with E-state index in [0.29, 0.717) is 12.0 Å². The summed E-state index contributed by atoms with van der Waals surface area (Å²) in [5, 5.41) is 19.4. The van der Waals surface area contributed by atoms with Gasteiger partial charge in [-0.3, -0.25) is 0 Å². The summed E-state index contributed by atoms with van der Waals surface area (Å²) in [6.45, 7) is 0. The molecular formula is C14H12ClFO2. The molecule has 1 unspecified atom stereocenters. The standard InChI is InChI=1S/C14H12ClFO2/c15-13-8-10(16)3-6-12(13)14(18)7-9-1-4-11(17)5-2-9/h1-6,8,14,17-18H,7H2. The molecular weight excluding hydrogens is 255 g/mol. The Morgan fingerprint density at radius 2 is 1.78 bits per heavy atom. The fourth-order valence-corrected chi connectivity index (χ4v) is 2.03. The molecule has 0 amide bonds. The van der Waals surface area contributed by atoms with Gasteiger partial charge < -0.3 is 10.2 Å². The molecule has 2 N–H and O–H groups in total. The van der Waals surface area contributed by atoms with Crippen molar-refractivity contribution in [1.82, 2.24) is 0 Å². The maximum Gasteiger partial charge on any atom is 0.124 e. The molecule has 2 nitrogen and oxygen atoms in total. The number of hydrogen-bond acceptors (Lipinski definition) is 2. The molecule has 2 aromatic rings. The number of rotatable bonds is 3. The molecule has 2 rings (SSSR count). The second-order valence-electron chi connectivity index (χ2n) is 4.05. The third-order valence-electron chi connectivity index (χ3n) is 2.69. The largest absolute Gasteiger partial charge is 0.508 e. The molecule has 0 aromatic heterocycles. The van der Waals surface area contributed by atoms with Crippen molar-refractivity contribution in [3.63, 3.8) is 0 Å². The Kier molecular flexibility index (Phi) is 3.84. The van der Waals surface area contributed by atoms with E-state index >= 15 is 0 Å². The zero-order valence-electron chi connectivity index (χ0n) is 9.48. The van der Waals surface area contributed by atoms with Crippen LogP contribution in [-0.4, -0.2) is 10.2 Å². The van der Waals surface area contributed by atoms with Gasteiger partial charge in [-0.05, 0) is 35.4 Å². The lowest BCUT2D eigenvalue weighted by Gasteiger charge is -2.13. The quantitative estimate of drug-likeness (QED) is 0.893. The third kappa shape index (κ3) is 3.00. The lowest BCUT2D eigenvalue weighted by molar-refractivity contribution is 0.178. The van der Waals surface area contributed by atoms with E-state index in [4.69, 9.17) is 16.7 Å². The summed E-state index contributed by atoms with van der Waals surface area (Å²) in [5.41, 5.74) is 1.35. The van der Waals surface area contributed by atoms with Gasteiger partial charge in [-0.15, -0.1) is 0 Å². The van der Waals surface area contributed by atoms with Crippen LogP contribution in [-0.2, 0) is 6.42 Å². The average molecular weight is 267 g/mol. The van der Waals surface area contributed by atoms with Crippen molar-refractivity contribution in [1.29, 1.82) is 0 Å². The second-order valence-corrected chi connectivity index (χ2v) is 4.46. The molecule has 0 aliphatic carbocycles. The van der Waals surface area contributed by atoms with Crippen LogP contribution in [0.1, 0.15) is 17.2 Å². The number of aromatic hydroxyl groups is 1. The molecule has 4 heteroatoms. The third-order valence-corrected chi connectivity index (χ3v) is 3.01. The molecule has 0 spiro atoms. The van der Waals surface area contributed by atoms with Gasteiger partial charge in [-0.25, -0.2) is 4.39 Å². The molecule has 0 fully saturated rings. The predicted octanol–water partition coefficient (Wildman–Crippen LogP) is 3.46. The summed E-state index contributed by atoms with van der Waals surface area (Å²) in [4.78, 5) is 0. The summed E-state index contributed by atoms with van der Waals surface area (Å²) < 4.78 is 12.9. The van der Waals surface area contributed by atoms with E-state index < -0.39 is 11.9 Å². The van der Waals surface area contributed by atoms with Gasteiger partial charge in [-0.1, -0.05) is 29.8 Å². The Hall–Kier alpha value is -1.58. The number of benzene rings is 2. The zero-order valence-corrected chi connectivity index (χ0v) is 10.2. The van der Waals surface area contributed by atoms with E-state index in [2.05, 4.69) is 0 Å². The SMILES string of the molecule is Oc1ccc(CC(O)c2ccc(F)cc2Cl)cc1. The smallest absolute Gasteiger partial charge is 0.124 e. The van der Waals surface area contributed by atoms with Crippen molar-refractivity contribution >= 4 is 11.6 Å². The van der Waals surface area contributed by atoms with Crippen LogP contribution in [0.2, 0.25) is 5.02 Å². The van der Waals surface area contributed by atoms with Crippen LogP contribution in [0.4, 0.5) is 4.39 Å². The van der Waals surface area contributed by atoms with E-state index in [0.717, 1.165) is 5.56 Å². The summed E-state index contributed by atoms with van der Waals surface area (Å²) in [6.07, 6.45) is -0.450. The molecule has 18 heavy (non-hydrogen) atoms. The Bertz CT molecular complexity index is 540. The van der Waals surface area contributed by atoms with E-state index in [1.165, 1.54) is 18.2 Å². The van der Waals surface area contributed by atoms with E-state index in [9.17, 15) is 9.50 Å². The molecule has 0 heterocycles. The fraction of sp³-hybridized carbons (Fsp3) is 0.143. The van der Waals surface area contributed by atoms with Crippen LogP contribution in [0.5, 0.6) is 5.75 Å². The van der Waals surface area contributed by atoms with Crippen molar-refractivity contribution < 1.29 is 14.6 Å². The van der Waals surface area contributed by atoms with Gasteiger partial charge >= 0.3 is 0 Å². The molecule has 1 atom stereocenters. The maximum absolute atomic E-state index is 12.9. The van der Waals surface area contributed by atoms with Crippen LogP contribution in [0.25, 0.3) is 0 Å². The highest BCUT2D eigenvalue weighted by molar-refractivity contribution is 6.31. The van der Waals surface area contributed by atoms with Crippen LogP contribution in [0.3, 0.4) is 0 Å². The predicted molar refractivity (Wildman–Crippen MR) is 68.2 cm³/mol. The first kappa shape index (κ1) is 12.9. The van der Waals surface area contributed by atoms with E-state index in [1.54, 1.807) is 24.3 Å². The molecule has 0 aliphatic rings. The van der Waals surface area contributed by atoms with Crippen molar-refractivity contribution in [2.75, 3.05) is 0 Å². The van der Waals surface area contributed by atoms with E-state index in [1.807, 2.05) is 0 Å². The minimum Gasteiger partial charge on any atom is -0.508 e. The highest BCUT2D eigenvalue weighted by Gasteiger charge is 2.13. The van der Waals surface area contributed by atoms with Crippen molar-refractivity contribution in [2.45, 2.75) is 12.5 Å². The number of phenols is 1. The fourth-order valence-electron chi connectivity index (χ4n) is 1.74. The van der Waals surface area contributed by atoms with Gasteiger partial charge in [0.2, 0.25) is 0 Å². The maximum atomic E-state index is 12.9. The number of hydrogen-bond donors (Lipinski definition) is 2. The van der Waals surface area contributed by atoms with E-state index in [-0.39, 0.29) is 10.8 Å². The molecule has 2 aromatic carbocycles. The summed E-state index contributed by atoms with van der Waals surface area (Å²) >= 11 is 5.88. The Labute approximate surface area is 109 Å². The lowest BCUT2D eigenvalue weighted by Crippen LogP contribution is -2.02. The summed E-state index contributed by atoms with van der Waals surface area (Å²) in [5.74, 6) is -0.256. The van der Waals surface area contributed by atoms with Crippen LogP contribution in [0.15, 0.2) is 42.5 Å². The summed E-state index contributed by atoms with van der Waals surface area (Å²) in [7, 11) is 0. The number of halogens is 2. The van der Waals surface area contributed by atoms with Gasteiger partial charge in [0.05, 0.1) is 6.10 Å². The Morgan fingerprint density at radius 1 is 1.11 bits per heavy atom. The van der Waals surface area contributed by atoms with Gasteiger partial charge in [0.25, 0.3) is 0 Å². The minimum absolute atomic E-state index is 0.174. The van der Waals surface area contributed by atoms with Crippen molar-refractivity contribution in [3.8, 4) is 5.75 Å². The van der Waals surface area contributed by atoms with Gasteiger partial charge in [-0.2, -0.15) is 0 Å². The Morgan fingerprint density at radius 3 is 2.39 bits per heavy atom. The highest BCUT2D eigenvalue weighted by atomic mass is 35.5. The van der Waals surface area contributed by atoms with Crippen LogP contribution in [0, 0.1) is 5.82 Å². The first-order chi connectivity index (χ1) is 8.56. The number of aliphatic hydroxyl groups is 1. The zero-order chi connectivity index (χ0) is 13.1. The monoisotopic (exact) mass is 266 g/mol. The van der Waals surface area contributed by atoms with Crippen molar-refractivity contribution in [2.24, 2.45) is 0 Å². The molecule has 0 saturated heterocycles.